The number of amides is 1. The first-order valence-corrected chi connectivity index (χ1v) is 5.95. The van der Waals surface area contributed by atoms with Gasteiger partial charge in [0.2, 0.25) is 5.91 Å². The van der Waals surface area contributed by atoms with Crippen LogP contribution in [0.4, 0.5) is 5.00 Å². The molecule has 5 heteroatoms. The summed E-state index contributed by atoms with van der Waals surface area (Å²) in [6.07, 6.45) is 1.74. The van der Waals surface area contributed by atoms with E-state index in [4.69, 9.17) is 0 Å². The van der Waals surface area contributed by atoms with Gasteiger partial charge in [-0.25, -0.2) is 0 Å². The number of nitrogens with one attached hydrogen (secondary N) is 1. The van der Waals surface area contributed by atoms with Crippen molar-refractivity contribution in [2.45, 2.75) is 0 Å². The Hall–Kier alpha value is -0.940. The highest BCUT2D eigenvalue weighted by molar-refractivity contribution is 7.10. The normalized spacial score (nSPS) is 32.5. The van der Waals surface area contributed by atoms with Gasteiger partial charge in [-0.3, -0.25) is 4.79 Å². The molecule has 2 heterocycles. The van der Waals surface area contributed by atoms with Crippen molar-refractivity contribution in [3.8, 4) is 0 Å². The maximum absolute atomic E-state index is 12.1. The molecule has 1 saturated heterocycles. The summed E-state index contributed by atoms with van der Waals surface area (Å²) in [5, 5.41) is 4.24. The van der Waals surface area contributed by atoms with E-state index in [1.54, 1.807) is 11.1 Å². The Morgan fingerprint density at radius 3 is 2.93 bits per heavy atom. The van der Waals surface area contributed by atoms with Crippen molar-refractivity contribution in [3.63, 3.8) is 0 Å². The van der Waals surface area contributed by atoms with Gasteiger partial charge >= 0.3 is 0 Å². The summed E-state index contributed by atoms with van der Waals surface area (Å²) in [7, 11) is 1.84. The third kappa shape index (κ3) is 1.38. The zero-order valence-electron chi connectivity index (χ0n) is 8.51. The molecule has 2 fully saturated rings. The zero-order chi connectivity index (χ0) is 10.4. The number of hydrogen-bond donors (Lipinski definition) is 1. The molecule has 4 nitrogen and oxygen atoms in total. The predicted molar refractivity (Wildman–Crippen MR) is 58.9 cm³/mol. The lowest BCUT2D eigenvalue weighted by molar-refractivity contribution is -0.120. The SMILES string of the molecule is CN(C(=O)C1C2CNCC21)c1ccns1. The number of rotatable bonds is 2. The van der Waals surface area contributed by atoms with E-state index in [-0.39, 0.29) is 11.8 Å². The maximum Gasteiger partial charge on any atom is 0.231 e. The highest BCUT2D eigenvalue weighted by Gasteiger charge is 2.57. The molecular formula is C10H13N3OS. The molecular weight excluding hydrogens is 210 g/mol. The summed E-state index contributed by atoms with van der Waals surface area (Å²) in [6.45, 7) is 2.02. The Morgan fingerprint density at radius 2 is 2.33 bits per heavy atom. The minimum absolute atomic E-state index is 0.260. The van der Waals surface area contributed by atoms with Crippen LogP contribution in [0.3, 0.4) is 0 Å². The van der Waals surface area contributed by atoms with E-state index in [1.807, 2.05) is 13.1 Å². The van der Waals surface area contributed by atoms with Crippen molar-refractivity contribution in [3.05, 3.63) is 12.3 Å². The zero-order valence-corrected chi connectivity index (χ0v) is 9.33. The van der Waals surface area contributed by atoms with Crippen LogP contribution in [0.2, 0.25) is 0 Å². The molecule has 3 rings (SSSR count). The van der Waals surface area contributed by atoms with Crippen LogP contribution in [0.25, 0.3) is 0 Å². The summed E-state index contributed by atoms with van der Waals surface area (Å²) in [5.74, 6) is 1.70. The first-order chi connectivity index (χ1) is 7.29. The van der Waals surface area contributed by atoms with Crippen molar-refractivity contribution in [2.75, 3.05) is 25.0 Å². The number of carbonyl (C=O) groups excluding carboxylic acids is 1. The Labute approximate surface area is 92.4 Å². The number of fused-ring (bicyclic) bond motifs is 1. The second-order valence-electron chi connectivity index (χ2n) is 4.26. The molecule has 0 spiro atoms. The lowest BCUT2D eigenvalue weighted by Gasteiger charge is -2.15. The van der Waals surface area contributed by atoms with E-state index in [0.29, 0.717) is 11.8 Å². The van der Waals surface area contributed by atoms with Gasteiger partial charge in [0.25, 0.3) is 0 Å². The molecule has 1 aromatic heterocycles. The van der Waals surface area contributed by atoms with E-state index in [1.165, 1.54) is 11.5 Å². The molecule has 1 aliphatic carbocycles. The standard InChI is InChI=1S/C10H13N3OS/c1-13(8-2-3-12-15-8)10(14)9-6-4-11-5-7(6)9/h2-3,6-7,9,11H,4-5H2,1H3. The molecule has 0 radical (unpaired) electrons. The van der Waals surface area contributed by atoms with Crippen LogP contribution < -0.4 is 10.2 Å². The van der Waals surface area contributed by atoms with Gasteiger partial charge in [0.15, 0.2) is 0 Å². The smallest absolute Gasteiger partial charge is 0.231 e. The summed E-state index contributed by atoms with van der Waals surface area (Å²) < 4.78 is 4.01. The number of anilines is 1. The van der Waals surface area contributed by atoms with Crippen LogP contribution in [-0.2, 0) is 4.79 Å². The molecule has 1 N–H and O–H groups in total. The molecule has 2 atom stereocenters. The van der Waals surface area contributed by atoms with Crippen molar-refractivity contribution < 1.29 is 4.79 Å². The molecule has 80 valence electrons. The van der Waals surface area contributed by atoms with Crippen LogP contribution in [0, 0.1) is 17.8 Å². The number of hydrogen-bond acceptors (Lipinski definition) is 4. The van der Waals surface area contributed by atoms with Gasteiger partial charge in [0.05, 0.1) is 0 Å². The van der Waals surface area contributed by atoms with Crippen LogP contribution in [-0.4, -0.2) is 30.4 Å². The highest BCUT2D eigenvalue weighted by Crippen LogP contribution is 2.49. The van der Waals surface area contributed by atoms with Crippen molar-refractivity contribution in [1.29, 1.82) is 0 Å². The Kier molecular flexibility index (Phi) is 2.03. The van der Waals surface area contributed by atoms with E-state index < -0.39 is 0 Å². The van der Waals surface area contributed by atoms with Crippen LogP contribution >= 0.6 is 11.5 Å². The minimum Gasteiger partial charge on any atom is -0.316 e. The average molecular weight is 223 g/mol. The first-order valence-electron chi connectivity index (χ1n) is 5.18. The van der Waals surface area contributed by atoms with Gasteiger partial charge in [0.1, 0.15) is 5.00 Å². The molecule has 1 aromatic rings. The van der Waals surface area contributed by atoms with Crippen LogP contribution in [0.15, 0.2) is 12.3 Å². The number of nitrogens with zero attached hydrogens (tertiary/aromatic N) is 2. The fourth-order valence-electron chi connectivity index (χ4n) is 2.50. The molecule has 1 amide bonds. The summed E-state index contributed by atoms with van der Waals surface area (Å²) in [4.78, 5) is 13.8. The van der Waals surface area contributed by atoms with Gasteiger partial charge in [-0.2, -0.15) is 4.37 Å². The molecule has 1 aliphatic heterocycles. The number of aromatic nitrogens is 1. The monoisotopic (exact) mass is 223 g/mol. The van der Waals surface area contributed by atoms with E-state index in [0.717, 1.165) is 18.1 Å². The number of piperidine rings is 1. The Balaban J connectivity index is 1.71. The molecule has 0 bridgehead atoms. The second kappa shape index (κ2) is 3.28. The van der Waals surface area contributed by atoms with Crippen molar-refractivity contribution in [2.24, 2.45) is 17.8 Å². The third-order valence-electron chi connectivity index (χ3n) is 3.46. The minimum atomic E-state index is 0.260. The molecule has 1 saturated carbocycles. The van der Waals surface area contributed by atoms with Crippen molar-refractivity contribution >= 4 is 22.4 Å². The molecule has 0 aromatic carbocycles. The van der Waals surface area contributed by atoms with Crippen LogP contribution in [0.1, 0.15) is 0 Å². The fourth-order valence-corrected chi connectivity index (χ4v) is 3.06. The van der Waals surface area contributed by atoms with Crippen LogP contribution in [0.5, 0.6) is 0 Å². The van der Waals surface area contributed by atoms with E-state index in [9.17, 15) is 4.79 Å². The van der Waals surface area contributed by atoms with Crippen molar-refractivity contribution in [1.82, 2.24) is 9.69 Å². The fraction of sp³-hybridized carbons (Fsp3) is 0.600. The van der Waals surface area contributed by atoms with E-state index in [2.05, 4.69) is 9.69 Å². The lowest BCUT2D eigenvalue weighted by atomic mass is 10.2. The quantitative estimate of drug-likeness (QED) is 0.797. The topological polar surface area (TPSA) is 45.2 Å². The van der Waals surface area contributed by atoms with Gasteiger partial charge in [-0.05, 0) is 42.5 Å². The molecule has 2 aliphatic rings. The number of carbonyl (C=O) groups is 1. The Morgan fingerprint density at radius 1 is 1.60 bits per heavy atom. The third-order valence-corrected chi connectivity index (χ3v) is 4.29. The Bertz CT molecular complexity index is 368. The summed E-state index contributed by atoms with van der Waals surface area (Å²) >= 11 is 1.37. The van der Waals surface area contributed by atoms with E-state index >= 15 is 0 Å². The van der Waals surface area contributed by atoms with Gasteiger partial charge in [0, 0.05) is 19.2 Å². The van der Waals surface area contributed by atoms with Gasteiger partial charge in [-0.15, -0.1) is 0 Å². The van der Waals surface area contributed by atoms with Gasteiger partial charge < -0.3 is 10.2 Å². The largest absolute Gasteiger partial charge is 0.316 e. The first kappa shape index (κ1) is 9.30. The highest BCUT2D eigenvalue weighted by atomic mass is 32.1. The maximum atomic E-state index is 12.1. The summed E-state index contributed by atoms with van der Waals surface area (Å²) in [5.41, 5.74) is 0. The lowest BCUT2D eigenvalue weighted by Crippen LogP contribution is -2.31. The molecule has 15 heavy (non-hydrogen) atoms. The average Bonchev–Trinajstić information content (AvgIpc) is 2.72. The second-order valence-corrected chi connectivity index (χ2v) is 5.07. The summed E-state index contributed by atoms with van der Waals surface area (Å²) in [6, 6.07) is 1.89. The predicted octanol–water partition coefficient (Wildman–Crippen LogP) is 0.571. The van der Waals surface area contributed by atoms with Gasteiger partial charge in [-0.1, -0.05) is 0 Å². The molecule has 2 unspecified atom stereocenters.